The van der Waals surface area contributed by atoms with Gasteiger partial charge < -0.3 is 4.57 Å². The van der Waals surface area contributed by atoms with E-state index in [9.17, 15) is 4.57 Å². The van der Waals surface area contributed by atoms with Gasteiger partial charge >= 0.3 is 0 Å². The second kappa shape index (κ2) is 1.99. The van der Waals surface area contributed by atoms with Crippen LogP contribution < -0.4 is 0 Å². The molecule has 0 aliphatic carbocycles. The molecule has 0 radical (unpaired) electrons. The van der Waals surface area contributed by atoms with E-state index in [1.165, 1.54) is 0 Å². The fourth-order valence-electron chi connectivity index (χ4n) is 0. The highest BCUT2D eigenvalue weighted by Crippen LogP contribution is 2.69. The normalized spacial score (nSPS) is 16.8. The molecular weight excluding hydrogens is 140 g/mol. The van der Waals surface area contributed by atoms with Crippen LogP contribution in [0.3, 0.4) is 0 Å². The highest BCUT2D eigenvalue weighted by molar-refractivity contribution is 8.68. The fourth-order valence-corrected chi connectivity index (χ4v) is 0. The summed E-state index contributed by atoms with van der Waals surface area (Å²) < 4.78 is 16.9. The molecule has 5 heteroatoms. The average Bonchev–Trinajstić information content (AvgIpc) is 1.35. The van der Waals surface area contributed by atoms with E-state index in [2.05, 4.69) is 17.9 Å². The van der Waals surface area contributed by atoms with E-state index in [0.29, 0.717) is 0 Å². The molecule has 0 aromatic rings. The molecule has 0 aromatic carbocycles. The Hall–Kier alpha value is 1.52. The molecule has 0 aromatic heterocycles. The first-order valence-electron chi connectivity index (χ1n) is 1.42. The smallest absolute Gasteiger partial charge is 0.128 e. The van der Waals surface area contributed by atoms with Crippen molar-refractivity contribution in [2.45, 2.75) is 0 Å². The maximum atomic E-state index is 10.3. The van der Waals surface area contributed by atoms with Gasteiger partial charge in [0.15, 0.2) is 0 Å². The molecule has 0 bridgehead atoms. The van der Waals surface area contributed by atoms with E-state index in [1.54, 1.807) is 0 Å². The van der Waals surface area contributed by atoms with Crippen LogP contribution in [0.25, 0.3) is 0 Å². The van der Waals surface area contributed by atoms with E-state index in [0.717, 1.165) is 0 Å². The summed E-state index contributed by atoms with van der Waals surface area (Å²) in [4.78, 5) is 0. The van der Waals surface area contributed by atoms with Gasteiger partial charge in [0.1, 0.15) is 6.21 Å². The van der Waals surface area contributed by atoms with Gasteiger partial charge in [-0.1, -0.05) is 26.7 Å². The summed E-state index contributed by atoms with van der Waals surface area (Å²) >= 11 is 0. The highest BCUT2D eigenvalue weighted by atomic mass is 32.7. The summed E-state index contributed by atoms with van der Waals surface area (Å²) in [5.41, 5.74) is 0. The van der Waals surface area contributed by atoms with Crippen molar-refractivity contribution in [3.8, 4) is 0 Å². The molecule has 0 N–H and O–H groups in total. The molecule has 5 heavy (non-hydrogen) atoms. The molecule has 0 heterocycles. The molecule has 0 saturated carbocycles. The maximum Gasteiger partial charge on any atom is 0.128 e. The standard InChI is InChI=1S/H6OP4/c1-5(2,3)4/h2-4H2/i2T. The summed E-state index contributed by atoms with van der Waals surface area (Å²) in [6.45, 7) is 0. The Labute approximate surface area is 39.6 Å². The highest BCUT2D eigenvalue weighted by Gasteiger charge is 1.89. The van der Waals surface area contributed by atoms with Crippen LogP contribution in [-0.4, -0.2) is 1.28 Å². The van der Waals surface area contributed by atoms with Gasteiger partial charge in [-0.15, -0.1) is 0 Å². The van der Waals surface area contributed by atoms with Gasteiger partial charge in [-0.25, -0.2) is 0 Å². The third-order valence-electron chi connectivity index (χ3n) is 0. The van der Waals surface area contributed by atoms with E-state index in [1.807, 2.05) is 0 Å². The summed E-state index contributed by atoms with van der Waals surface area (Å²) in [5, 5.41) is 0. The summed E-state index contributed by atoms with van der Waals surface area (Å²) in [6.07, 6.45) is -2.12. The topological polar surface area (TPSA) is 17.1 Å². The lowest BCUT2D eigenvalue weighted by atomic mass is 16.0. The maximum absolute atomic E-state index is 10.3. The Morgan fingerprint density at radius 3 is 2.00 bits per heavy atom. The van der Waals surface area contributed by atoms with Crippen molar-refractivity contribution < 1.29 is 4.57 Å². The van der Waals surface area contributed by atoms with E-state index < -0.39 is 6.21 Å². The first-order chi connectivity index (χ1) is 2.56. The zero-order valence-corrected chi connectivity index (χ0v) is 6.71. The van der Waals surface area contributed by atoms with Crippen molar-refractivity contribution in [2.75, 3.05) is 0 Å². The second-order valence-electron chi connectivity index (χ2n) is 0.709. The van der Waals surface area contributed by atoms with Crippen LogP contribution in [0.5, 0.6) is 0 Å². The van der Waals surface area contributed by atoms with Crippen LogP contribution in [0.15, 0.2) is 0 Å². The molecule has 0 saturated heterocycles. The molecule has 0 aliphatic rings. The number of hydrogen-bond donors (Lipinski definition) is 0. The largest absolute Gasteiger partial charge is 0.311 e. The van der Waals surface area contributed by atoms with Crippen molar-refractivity contribution in [1.29, 1.82) is 1.28 Å². The molecule has 0 fully saturated rings. The Morgan fingerprint density at radius 2 is 2.00 bits per heavy atom. The van der Waals surface area contributed by atoms with Gasteiger partial charge in [0.2, 0.25) is 0 Å². The number of rotatable bonds is 1. The zero-order valence-electron chi connectivity index (χ0n) is 3.51. The predicted octanol–water partition coefficient (Wildman–Crippen LogP) is 1.72. The Morgan fingerprint density at radius 1 is 1.80 bits per heavy atom. The molecule has 1 nitrogen and oxygen atoms in total. The minimum absolute atomic E-state index is 0.201. The summed E-state index contributed by atoms with van der Waals surface area (Å²) in [5.74, 6) is 0. The van der Waals surface area contributed by atoms with Crippen LogP contribution in [-0.2, 0) is 4.57 Å². The van der Waals surface area contributed by atoms with E-state index in [4.69, 9.17) is 1.28 Å². The van der Waals surface area contributed by atoms with Gasteiger partial charge in [0.25, 0.3) is 0 Å². The Kier molecular flexibility index (Phi) is 1.86. The SMILES string of the molecule is [3H]PP(=O)(P)P. The molecule has 3 atom stereocenters. The first-order valence-corrected chi connectivity index (χ1v) is 7.21. The molecule has 0 aliphatic heterocycles. The zero-order chi connectivity index (χ0) is 5.21. The van der Waals surface area contributed by atoms with Crippen LogP contribution in [0.4, 0.5) is 0 Å². The number of hydrogen-bond acceptors (Lipinski definition) is 1. The lowest BCUT2D eigenvalue weighted by molar-refractivity contribution is 0.601. The Balaban J connectivity index is 3.48. The third-order valence-corrected chi connectivity index (χ3v) is 0. The van der Waals surface area contributed by atoms with E-state index in [-0.39, 0.29) is 8.87 Å². The van der Waals surface area contributed by atoms with Crippen LogP contribution in [0, 0.1) is 0 Å². The van der Waals surface area contributed by atoms with Gasteiger partial charge in [0.05, 0.1) is 1.28 Å². The average molecular weight is 148 g/mol. The van der Waals surface area contributed by atoms with Crippen molar-refractivity contribution in [1.82, 2.24) is 0 Å². The van der Waals surface area contributed by atoms with Crippen molar-refractivity contribution >= 4 is 32.9 Å². The monoisotopic (exact) mass is 148 g/mol. The van der Waals surface area contributed by atoms with Gasteiger partial charge in [-0.2, -0.15) is 0 Å². The predicted molar refractivity (Wildman–Crippen MR) is 36.7 cm³/mol. The molecular formula is H6OP4. The minimum atomic E-state index is -2.12. The van der Waals surface area contributed by atoms with Crippen LogP contribution in [0.1, 0.15) is 0 Å². The molecule has 0 rings (SSSR count). The van der Waals surface area contributed by atoms with Crippen molar-refractivity contribution in [3.05, 3.63) is 0 Å². The Bertz CT molecular complexity index is 71.6. The van der Waals surface area contributed by atoms with Crippen molar-refractivity contribution in [2.24, 2.45) is 0 Å². The van der Waals surface area contributed by atoms with Crippen LogP contribution >= 0.6 is 32.9 Å². The second-order valence-corrected chi connectivity index (χ2v) is 13.7. The lowest BCUT2D eigenvalue weighted by Gasteiger charge is -1.86. The van der Waals surface area contributed by atoms with E-state index >= 15 is 0 Å². The summed E-state index contributed by atoms with van der Waals surface area (Å²) in [7, 11) is 4.07. The van der Waals surface area contributed by atoms with Crippen molar-refractivity contribution in [3.63, 3.8) is 0 Å². The fraction of sp³-hybridized carbons (Fsp3) is 0. The molecule has 0 amide bonds. The lowest BCUT2D eigenvalue weighted by Crippen LogP contribution is -1.13. The quantitative estimate of drug-likeness (QED) is 0.517. The molecule has 3 unspecified atom stereocenters. The minimum Gasteiger partial charge on any atom is -0.311 e. The first kappa shape index (κ1) is 4.67. The van der Waals surface area contributed by atoms with Gasteiger partial charge in [-0.05, 0) is 0 Å². The molecule has 32 valence electrons. The third kappa shape index (κ3) is 29.6. The van der Waals surface area contributed by atoms with Gasteiger partial charge in [0, 0.05) is 0 Å². The van der Waals surface area contributed by atoms with Crippen LogP contribution in [0.2, 0.25) is 0 Å². The van der Waals surface area contributed by atoms with Gasteiger partial charge in [-0.3, -0.25) is 0 Å². The summed E-state index contributed by atoms with van der Waals surface area (Å²) in [6, 6.07) is 0. The molecule has 0 spiro atoms.